The molecule has 0 amide bonds. The van der Waals surface area contributed by atoms with Crippen molar-refractivity contribution in [2.45, 2.75) is 33.6 Å². The first-order valence-electron chi connectivity index (χ1n) is 4.06. The summed E-state index contributed by atoms with van der Waals surface area (Å²) in [5.74, 6) is -0.194. The minimum absolute atomic E-state index is 0.194. The largest absolute Gasteiger partial charge is 0.463 e. The van der Waals surface area contributed by atoms with Crippen molar-refractivity contribution in [2.75, 3.05) is 6.61 Å². The zero-order valence-corrected chi connectivity index (χ0v) is 7.52. The summed E-state index contributed by atoms with van der Waals surface area (Å²) in [5, 5.41) is 0. The van der Waals surface area contributed by atoms with Gasteiger partial charge >= 0.3 is 5.97 Å². The van der Waals surface area contributed by atoms with Crippen LogP contribution in [0.15, 0.2) is 11.6 Å². The number of hydrogen-bond acceptors (Lipinski definition) is 2. The quantitative estimate of drug-likeness (QED) is 0.461. The minimum atomic E-state index is -0.194. The third-order valence-corrected chi connectivity index (χ3v) is 1.34. The molecule has 0 aliphatic carbocycles. The highest BCUT2D eigenvalue weighted by Gasteiger charge is 2.01. The summed E-state index contributed by atoms with van der Waals surface area (Å²) in [5.41, 5.74) is 0.716. The monoisotopic (exact) mass is 156 g/mol. The van der Waals surface area contributed by atoms with Gasteiger partial charge in [0.25, 0.3) is 0 Å². The van der Waals surface area contributed by atoms with E-state index in [0.717, 1.165) is 12.8 Å². The number of rotatable bonds is 4. The molecule has 2 heteroatoms. The number of carbonyl (C=O) groups is 1. The van der Waals surface area contributed by atoms with Crippen LogP contribution in [0.2, 0.25) is 0 Å². The summed E-state index contributed by atoms with van der Waals surface area (Å²) in [6.07, 6.45) is 3.93. The van der Waals surface area contributed by atoms with Gasteiger partial charge in [0.05, 0.1) is 6.61 Å². The van der Waals surface area contributed by atoms with E-state index in [1.807, 2.05) is 13.0 Å². The summed E-state index contributed by atoms with van der Waals surface area (Å²) >= 11 is 0. The van der Waals surface area contributed by atoms with Crippen LogP contribution in [0.25, 0.3) is 0 Å². The molecule has 2 nitrogen and oxygen atoms in total. The lowest BCUT2D eigenvalue weighted by Gasteiger charge is -2.00. The molecule has 0 aromatic carbocycles. The van der Waals surface area contributed by atoms with Crippen molar-refractivity contribution in [3.05, 3.63) is 11.6 Å². The van der Waals surface area contributed by atoms with Gasteiger partial charge in [0.1, 0.15) is 0 Å². The van der Waals surface area contributed by atoms with Gasteiger partial charge in [-0.3, -0.25) is 0 Å². The molecule has 0 radical (unpaired) electrons. The lowest BCUT2D eigenvalue weighted by atomic mass is 10.2. The van der Waals surface area contributed by atoms with Crippen LogP contribution in [0.5, 0.6) is 0 Å². The second-order valence-electron chi connectivity index (χ2n) is 2.40. The van der Waals surface area contributed by atoms with E-state index in [2.05, 4.69) is 6.92 Å². The highest BCUT2D eigenvalue weighted by molar-refractivity contribution is 5.87. The molecular formula is C9H16O2. The summed E-state index contributed by atoms with van der Waals surface area (Å²) in [4.78, 5) is 11.0. The van der Waals surface area contributed by atoms with Gasteiger partial charge in [0, 0.05) is 5.57 Å². The summed E-state index contributed by atoms with van der Waals surface area (Å²) in [6.45, 7) is 6.13. The Kier molecular flexibility index (Phi) is 5.53. The fourth-order valence-corrected chi connectivity index (χ4v) is 0.689. The van der Waals surface area contributed by atoms with Gasteiger partial charge in [0.15, 0.2) is 0 Å². The van der Waals surface area contributed by atoms with Crippen molar-refractivity contribution >= 4 is 5.97 Å². The zero-order chi connectivity index (χ0) is 8.69. The van der Waals surface area contributed by atoms with E-state index in [0.29, 0.717) is 12.2 Å². The fourth-order valence-electron chi connectivity index (χ4n) is 0.689. The average molecular weight is 156 g/mol. The Balaban J connectivity index is 3.80. The number of unbranched alkanes of at least 4 members (excludes halogenated alkanes) is 1. The summed E-state index contributed by atoms with van der Waals surface area (Å²) < 4.78 is 4.79. The van der Waals surface area contributed by atoms with E-state index < -0.39 is 0 Å². The first-order valence-corrected chi connectivity index (χ1v) is 4.06. The first-order chi connectivity index (χ1) is 5.22. The molecule has 0 aliphatic rings. The summed E-state index contributed by atoms with van der Waals surface area (Å²) in [6, 6.07) is 0. The van der Waals surface area contributed by atoms with Gasteiger partial charge in [-0.25, -0.2) is 4.79 Å². The molecule has 0 spiro atoms. The molecule has 0 unspecified atom stereocenters. The van der Waals surface area contributed by atoms with E-state index in [-0.39, 0.29) is 5.97 Å². The zero-order valence-electron chi connectivity index (χ0n) is 7.52. The van der Waals surface area contributed by atoms with Crippen LogP contribution in [0.1, 0.15) is 33.6 Å². The Morgan fingerprint density at radius 3 is 2.55 bits per heavy atom. The highest BCUT2D eigenvalue weighted by atomic mass is 16.5. The van der Waals surface area contributed by atoms with Crippen molar-refractivity contribution < 1.29 is 9.53 Å². The Bertz CT molecular complexity index is 148. The Labute approximate surface area is 68.2 Å². The Hall–Kier alpha value is -0.790. The molecule has 0 aliphatic heterocycles. The lowest BCUT2D eigenvalue weighted by molar-refractivity contribution is -0.138. The van der Waals surface area contributed by atoms with Gasteiger partial charge < -0.3 is 4.74 Å². The molecule has 0 rings (SSSR count). The molecule has 11 heavy (non-hydrogen) atoms. The average Bonchev–Trinajstić information content (AvgIpc) is 2.00. The lowest BCUT2D eigenvalue weighted by Crippen LogP contribution is -2.04. The first kappa shape index (κ1) is 10.2. The van der Waals surface area contributed by atoms with Crippen LogP contribution < -0.4 is 0 Å². The van der Waals surface area contributed by atoms with Gasteiger partial charge in [-0.2, -0.15) is 0 Å². The summed E-state index contributed by atoms with van der Waals surface area (Å²) in [7, 11) is 0. The van der Waals surface area contributed by atoms with Crippen LogP contribution in [-0.2, 0) is 9.53 Å². The third-order valence-electron chi connectivity index (χ3n) is 1.34. The molecule has 64 valence electrons. The maximum atomic E-state index is 11.0. The number of esters is 1. The minimum Gasteiger partial charge on any atom is -0.463 e. The van der Waals surface area contributed by atoms with E-state index >= 15 is 0 Å². The molecule has 0 heterocycles. The topological polar surface area (TPSA) is 26.3 Å². The smallest absolute Gasteiger partial charge is 0.333 e. The predicted molar refractivity (Wildman–Crippen MR) is 45.3 cm³/mol. The standard InChI is InChI=1S/C9H16O2/c1-4-6-7-8(3)9(10)11-5-2/h7H,4-6H2,1-3H3/b8-7-. The number of carbonyl (C=O) groups excluding carboxylic acids is 1. The van der Waals surface area contributed by atoms with Gasteiger partial charge in [-0.15, -0.1) is 0 Å². The van der Waals surface area contributed by atoms with Gasteiger partial charge in [-0.1, -0.05) is 19.4 Å². The van der Waals surface area contributed by atoms with Crippen molar-refractivity contribution in [3.63, 3.8) is 0 Å². The fraction of sp³-hybridized carbons (Fsp3) is 0.667. The normalized spacial score (nSPS) is 11.4. The van der Waals surface area contributed by atoms with Gasteiger partial charge in [0.2, 0.25) is 0 Å². The van der Waals surface area contributed by atoms with Crippen molar-refractivity contribution in [3.8, 4) is 0 Å². The Morgan fingerprint density at radius 1 is 1.45 bits per heavy atom. The van der Waals surface area contributed by atoms with E-state index in [1.54, 1.807) is 6.92 Å². The maximum absolute atomic E-state index is 11.0. The molecule has 0 saturated carbocycles. The van der Waals surface area contributed by atoms with Crippen LogP contribution in [0.4, 0.5) is 0 Å². The molecule has 0 N–H and O–H groups in total. The van der Waals surface area contributed by atoms with E-state index in [4.69, 9.17) is 4.74 Å². The van der Waals surface area contributed by atoms with Crippen LogP contribution >= 0.6 is 0 Å². The second kappa shape index (κ2) is 5.96. The van der Waals surface area contributed by atoms with Crippen LogP contribution in [0, 0.1) is 0 Å². The van der Waals surface area contributed by atoms with Crippen molar-refractivity contribution in [1.82, 2.24) is 0 Å². The van der Waals surface area contributed by atoms with Gasteiger partial charge in [-0.05, 0) is 20.3 Å². The predicted octanol–water partition coefficient (Wildman–Crippen LogP) is 2.30. The number of allylic oxidation sites excluding steroid dienone is 1. The molecule has 0 saturated heterocycles. The molecular weight excluding hydrogens is 140 g/mol. The third kappa shape index (κ3) is 4.59. The van der Waals surface area contributed by atoms with Crippen molar-refractivity contribution in [2.24, 2.45) is 0 Å². The number of ether oxygens (including phenoxy) is 1. The van der Waals surface area contributed by atoms with E-state index in [9.17, 15) is 4.79 Å². The highest BCUT2D eigenvalue weighted by Crippen LogP contribution is 2.00. The maximum Gasteiger partial charge on any atom is 0.333 e. The van der Waals surface area contributed by atoms with E-state index in [1.165, 1.54) is 0 Å². The molecule has 0 bridgehead atoms. The Morgan fingerprint density at radius 2 is 2.09 bits per heavy atom. The molecule has 0 aromatic heterocycles. The van der Waals surface area contributed by atoms with Crippen LogP contribution in [-0.4, -0.2) is 12.6 Å². The second-order valence-corrected chi connectivity index (χ2v) is 2.40. The SMILES string of the molecule is CCC/C=C(/C)C(=O)OCC. The van der Waals surface area contributed by atoms with Crippen molar-refractivity contribution in [1.29, 1.82) is 0 Å². The molecule has 0 fully saturated rings. The number of hydrogen-bond donors (Lipinski definition) is 0. The molecule has 0 atom stereocenters. The van der Waals surface area contributed by atoms with Crippen LogP contribution in [0.3, 0.4) is 0 Å². The molecule has 0 aromatic rings.